The zero-order chi connectivity index (χ0) is 15.0. The highest BCUT2D eigenvalue weighted by Gasteiger charge is 2.46. The molecule has 0 heterocycles. The van der Waals surface area contributed by atoms with Crippen LogP contribution in [0.2, 0.25) is 5.02 Å². The van der Waals surface area contributed by atoms with Crippen LogP contribution in [-0.4, -0.2) is 11.6 Å². The SMILES string of the molecule is CC(C)(C)OC(=O)C1(c2cc(Br)ccc2Cl)CCCC1. The van der Waals surface area contributed by atoms with Crippen molar-refractivity contribution < 1.29 is 9.53 Å². The summed E-state index contributed by atoms with van der Waals surface area (Å²) >= 11 is 9.82. The summed E-state index contributed by atoms with van der Waals surface area (Å²) in [7, 11) is 0. The predicted molar refractivity (Wildman–Crippen MR) is 85.1 cm³/mol. The Morgan fingerprint density at radius 1 is 1.30 bits per heavy atom. The van der Waals surface area contributed by atoms with Crippen LogP contribution in [0.15, 0.2) is 22.7 Å². The fourth-order valence-corrected chi connectivity index (χ4v) is 3.46. The summed E-state index contributed by atoms with van der Waals surface area (Å²) in [6, 6.07) is 5.69. The summed E-state index contributed by atoms with van der Waals surface area (Å²) in [5, 5.41) is 0.640. The lowest BCUT2D eigenvalue weighted by Gasteiger charge is -2.32. The second-order valence-corrected chi connectivity index (χ2v) is 7.74. The van der Waals surface area contributed by atoms with E-state index >= 15 is 0 Å². The number of benzene rings is 1. The summed E-state index contributed by atoms with van der Waals surface area (Å²) in [5.41, 5.74) is -0.181. The average molecular weight is 360 g/mol. The molecule has 2 rings (SSSR count). The van der Waals surface area contributed by atoms with Crippen LogP contribution in [0.1, 0.15) is 52.0 Å². The normalized spacial score (nSPS) is 18.1. The van der Waals surface area contributed by atoms with Gasteiger partial charge in [-0.15, -0.1) is 0 Å². The molecule has 4 heteroatoms. The van der Waals surface area contributed by atoms with Crippen molar-refractivity contribution in [3.63, 3.8) is 0 Å². The minimum absolute atomic E-state index is 0.150. The molecule has 20 heavy (non-hydrogen) atoms. The molecule has 1 aromatic carbocycles. The lowest BCUT2D eigenvalue weighted by atomic mass is 9.78. The fraction of sp³-hybridized carbons (Fsp3) is 0.562. The maximum absolute atomic E-state index is 12.8. The molecule has 0 unspecified atom stereocenters. The Morgan fingerprint density at radius 3 is 2.45 bits per heavy atom. The van der Waals surface area contributed by atoms with E-state index in [0.29, 0.717) is 5.02 Å². The molecule has 0 radical (unpaired) electrons. The van der Waals surface area contributed by atoms with Crippen LogP contribution in [0, 0.1) is 0 Å². The molecule has 1 aliphatic carbocycles. The van der Waals surface area contributed by atoms with E-state index in [-0.39, 0.29) is 5.97 Å². The Kier molecular flexibility index (Phi) is 4.50. The van der Waals surface area contributed by atoms with Crippen molar-refractivity contribution in [2.24, 2.45) is 0 Å². The Balaban J connectivity index is 2.44. The molecule has 0 bridgehead atoms. The van der Waals surface area contributed by atoms with Gasteiger partial charge in [0.15, 0.2) is 0 Å². The van der Waals surface area contributed by atoms with E-state index < -0.39 is 11.0 Å². The van der Waals surface area contributed by atoms with Crippen LogP contribution < -0.4 is 0 Å². The fourth-order valence-electron chi connectivity index (χ4n) is 2.80. The second kappa shape index (κ2) is 5.69. The van der Waals surface area contributed by atoms with Crippen molar-refractivity contribution in [1.29, 1.82) is 0 Å². The molecule has 0 aliphatic heterocycles. The number of carbonyl (C=O) groups is 1. The van der Waals surface area contributed by atoms with Crippen molar-refractivity contribution in [3.05, 3.63) is 33.3 Å². The molecule has 1 fully saturated rings. The van der Waals surface area contributed by atoms with E-state index in [9.17, 15) is 4.79 Å². The molecular weight excluding hydrogens is 340 g/mol. The first-order valence-electron chi connectivity index (χ1n) is 6.94. The molecule has 1 saturated carbocycles. The van der Waals surface area contributed by atoms with E-state index in [0.717, 1.165) is 35.7 Å². The smallest absolute Gasteiger partial charge is 0.317 e. The maximum Gasteiger partial charge on any atom is 0.317 e. The van der Waals surface area contributed by atoms with Gasteiger partial charge in [0.25, 0.3) is 0 Å². The van der Waals surface area contributed by atoms with E-state index in [1.807, 2.05) is 39.0 Å². The number of carbonyl (C=O) groups excluding carboxylic acids is 1. The lowest BCUT2D eigenvalue weighted by Crippen LogP contribution is -2.39. The van der Waals surface area contributed by atoms with Crippen molar-refractivity contribution in [2.45, 2.75) is 57.5 Å². The van der Waals surface area contributed by atoms with Crippen LogP contribution >= 0.6 is 27.5 Å². The standard InChI is InChI=1S/C16H20BrClO2/c1-15(2,3)20-14(19)16(8-4-5-9-16)12-10-11(17)6-7-13(12)18/h6-7,10H,4-5,8-9H2,1-3H3. The number of ether oxygens (including phenoxy) is 1. The summed E-state index contributed by atoms with van der Waals surface area (Å²) in [6.45, 7) is 5.70. The molecule has 0 saturated heterocycles. The number of esters is 1. The van der Waals surface area contributed by atoms with Gasteiger partial charge in [-0.2, -0.15) is 0 Å². The van der Waals surface area contributed by atoms with Crippen molar-refractivity contribution in [1.82, 2.24) is 0 Å². The van der Waals surface area contributed by atoms with Crippen LogP contribution in [-0.2, 0) is 14.9 Å². The van der Waals surface area contributed by atoms with Crippen LogP contribution in [0.5, 0.6) is 0 Å². The third-order valence-electron chi connectivity index (χ3n) is 3.69. The molecule has 0 amide bonds. The van der Waals surface area contributed by atoms with E-state index in [2.05, 4.69) is 15.9 Å². The number of hydrogen-bond acceptors (Lipinski definition) is 2. The van der Waals surface area contributed by atoms with Gasteiger partial charge in [-0.1, -0.05) is 40.4 Å². The maximum atomic E-state index is 12.8. The number of halogens is 2. The number of hydrogen-bond donors (Lipinski definition) is 0. The second-order valence-electron chi connectivity index (χ2n) is 6.42. The van der Waals surface area contributed by atoms with Gasteiger partial charge < -0.3 is 4.74 Å². The molecule has 2 nitrogen and oxygen atoms in total. The van der Waals surface area contributed by atoms with E-state index in [4.69, 9.17) is 16.3 Å². The quantitative estimate of drug-likeness (QED) is 0.674. The summed E-state index contributed by atoms with van der Waals surface area (Å²) in [4.78, 5) is 12.8. The zero-order valence-electron chi connectivity index (χ0n) is 12.1. The van der Waals surface area contributed by atoms with Gasteiger partial charge in [0.05, 0.1) is 5.41 Å². The minimum Gasteiger partial charge on any atom is -0.459 e. The lowest BCUT2D eigenvalue weighted by molar-refractivity contribution is -0.162. The Hall–Kier alpha value is -0.540. The minimum atomic E-state index is -0.589. The summed E-state index contributed by atoms with van der Waals surface area (Å²) < 4.78 is 6.60. The summed E-state index contributed by atoms with van der Waals surface area (Å²) in [5.74, 6) is -0.150. The van der Waals surface area contributed by atoms with Gasteiger partial charge in [-0.3, -0.25) is 4.79 Å². The highest BCUT2D eigenvalue weighted by atomic mass is 79.9. The van der Waals surface area contributed by atoms with Gasteiger partial charge in [0.1, 0.15) is 5.60 Å². The van der Waals surface area contributed by atoms with Crippen LogP contribution in [0.25, 0.3) is 0 Å². The van der Waals surface area contributed by atoms with E-state index in [1.165, 1.54) is 0 Å². The monoisotopic (exact) mass is 358 g/mol. The van der Waals surface area contributed by atoms with Crippen molar-refractivity contribution in [3.8, 4) is 0 Å². The van der Waals surface area contributed by atoms with Crippen LogP contribution in [0.3, 0.4) is 0 Å². The first-order chi connectivity index (χ1) is 9.24. The van der Waals surface area contributed by atoms with Crippen molar-refractivity contribution >= 4 is 33.5 Å². The van der Waals surface area contributed by atoms with Gasteiger partial charge in [-0.25, -0.2) is 0 Å². The first-order valence-corrected chi connectivity index (χ1v) is 8.11. The van der Waals surface area contributed by atoms with Gasteiger partial charge in [0.2, 0.25) is 0 Å². The van der Waals surface area contributed by atoms with Crippen molar-refractivity contribution in [2.75, 3.05) is 0 Å². The summed E-state index contributed by atoms with van der Waals surface area (Å²) in [6.07, 6.45) is 3.67. The highest BCUT2D eigenvalue weighted by molar-refractivity contribution is 9.10. The molecule has 0 spiro atoms. The molecule has 0 N–H and O–H groups in total. The largest absolute Gasteiger partial charge is 0.459 e. The van der Waals surface area contributed by atoms with Gasteiger partial charge in [0, 0.05) is 9.50 Å². The topological polar surface area (TPSA) is 26.3 Å². The molecular formula is C16H20BrClO2. The third kappa shape index (κ3) is 3.20. The third-order valence-corrected chi connectivity index (χ3v) is 4.51. The van der Waals surface area contributed by atoms with Gasteiger partial charge in [-0.05, 0) is 57.4 Å². The molecule has 1 aromatic rings. The molecule has 1 aliphatic rings. The molecule has 0 atom stereocenters. The number of rotatable bonds is 2. The Morgan fingerprint density at radius 2 is 1.90 bits per heavy atom. The Bertz CT molecular complexity index is 514. The van der Waals surface area contributed by atoms with Gasteiger partial charge >= 0.3 is 5.97 Å². The predicted octanol–water partition coefficient (Wildman–Crippen LogP) is 5.26. The average Bonchev–Trinajstić information content (AvgIpc) is 2.80. The molecule has 110 valence electrons. The first kappa shape index (κ1) is 15.8. The van der Waals surface area contributed by atoms with Crippen LogP contribution in [0.4, 0.5) is 0 Å². The Labute approximate surface area is 134 Å². The highest BCUT2D eigenvalue weighted by Crippen LogP contribution is 2.46. The zero-order valence-corrected chi connectivity index (χ0v) is 14.5. The molecule has 0 aromatic heterocycles. The van der Waals surface area contributed by atoms with E-state index in [1.54, 1.807) is 0 Å².